The highest BCUT2D eigenvalue weighted by Gasteiger charge is 2.56. The van der Waals surface area contributed by atoms with Crippen LogP contribution in [0.3, 0.4) is 0 Å². The second-order valence-electron chi connectivity index (χ2n) is 9.66. The van der Waals surface area contributed by atoms with E-state index in [0.29, 0.717) is 36.9 Å². The monoisotopic (exact) mass is 557 g/mol. The lowest BCUT2D eigenvalue weighted by molar-refractivity contribution is -0.123. The van der Waals surface area contributed by atoms with Gasteiger partial charge in [0.2, 0.25) is 5.89 Å². The highest BCUT2D eigenvalue weighted by molar-refractivity contribution is 7.98. The zero-order valence-corrected chi connectivity index (χ0v) is 23.4. The molecule has 2 atom stereocenters. The number of carbonyl (C=O) groups excluding carboxylic acids is 3. The maximum absolute atomic E-state index is 14.1. The van der Waals surface area contributed by atoms with Crippen LogP contribution in [-0.4, -0.2) is 63.4 Å². The molecule has 12 heteroatoms. The van der Waals surface area contributed by atoms with Gasteiger partial charge in [0.25, 0.3) is 0 Å². The summed E-state index contributed by atoms with van der Waals surface area (Å²) >= 11 is 1.62. The van der Waals surface area contributed by atoms with E-state index >= 15 is 0 Å². The van der Waals surface area contributed by atoms with Crippen molar-refractivity contribution in [1.29, 1.82) is 0 Å². The quantitative estimate of drug-likeness (QED) is 0.223. The highest BCUT2D eigenvalue weighted by atomic mass is 32.2. The van der Waals surface area contributed by atoms with Crippen LogP contribution >= 0.6 is 11.8 Å². The summed E-state index contributed by atoms with van der Waals surface area (Å²) in [6.07, 6.45) is 4.19. The molecule has 0 radical (unpaired) electrons. The number of fused-ring (bicyclic) bond motifs is 3. The SMILES string of the molecule is COCCc1noc(C(CCSC)NC(C)=C2C(=O)C=C3Oc4c(C(C)=O)c(O)c(C)c(O)c4C3(C)C2=O)n1. The lowest BCUT2D eigenvalue weighted by Crippen LogP contribution is -2.41. The molecule has 1 aromatic carbocycles. The average Bonchev–Trinajstić information content (AvgIpc) is 3.47. The Morgan fingerprint density at radius 2 is 1.97 bits per heavy atom. The Morgan fingerprint density at radius 3 is 2.62 bits per heavy atom. The Hall–Kier alpha value is -3.64. The van der Waals surface area contributed by atoms with Crippen molar-refractivity contribution in [2.45, 2.75) is 52.0 Å². The number of rotatable bonds is 10. The van der Waals surface area contributed by atoms with Crippen LogP contribution < -0.4 is 10.1 Å². The molecule has 0 bridgehead atoms. The van der Waals surface area contributed by atoms with Crippen molar-refractivity contribution in [2.75, 3.05) is 25.7 Å². The van der Waals surface area contributed by atoms with E-state index in [9.17, 15) is 24.6 Å². The van der Waals surface area contributed by atoms with Crippen molar-refractivity contribution in [2.24, 2.45) is 0 Å². The fraction of sp³-hybridized carbons (Fsp3) is 0.444. The molecule has 1 aromatic heterocycles. The number of ether oxygens (including phenoxy) is 2. The summed E-state index contributed by atoms with van der Waals surface area (Å²) < 4.78 is 16.4. The standard InChI is InChI=1S/C27H31N3O8S/c1-12-22(33)20(14(3)31)24-21(23(12)34)27(4)17(37-24)11-16(32)19(25(27)35)13(2)28-15(8-10-39-6)26-29-18(30-38-26)7-9-36-5/h11,15,28,33-34H,7-10H2,1-6H3. The first-order valence-electron chi connectivity index (χ1n) is 12.3. The number of phenolic OH excluding ortho intramolecular Hbond substituents is 2. The van der Waals surface area contributed by atoms with Gasteiger partial charge < -0.3 is 29.5 Å². The first kappa shape index (κ1) is 28.4. The van der Waals surface area contributed by atoms with Gasteiger partial charge in [-0.25, -0.2) is 0 Å². The molecule has 0 spiro atoms. The van der Waals surface area contributed by atoms with E-state index in [1.54, 1.807) is 25.8 Å². The summed E-state index contributed by atoms with van der Waals surface area (Å²) in [6.45, 7) is 6.25. The maximum Gasteiger partial charge on any atom is 0.249 e. The van der Waals surface area contributed by atoms with E-state index in [0.717, 1.165) is 5.75 Å². The fourth-order valence-electron chi connectivity index (χ4n) is 4.89. The van der Waals surface area contributed by atoms with Gasteiger partial charge in [0.05, 0.1) is 17.7 Å². The number of hydrogen-bond donors (Lipinski definition) is 3. The Kier molecular flexibility index (Phi) is 7.89. The molecule has 1 aliphatic heterocycles. The van der Waals surface area contributed by atoms with E-state index < -0.39 is 34.6 Å². The zero-order chi connectivity index (χ0) is 28.6. The number of allylic oxidation sites excluding steroid dienone is 4. The summed E-state index contributed by atoms with van der Waals surface area (Å²) in [4.78, 5) is 44.1. The number of aromatic nitrogens is 2. The Bertz CT molecular complexity index is 1430. The number of phenols is 2. The largest absolute Gasteiger partial charge is 0.507 e. The van der Waals surface area contributed by atoms with Gasteiger partial charge in [-0.1, -0.05) is 5.16 Å². The summed E-state index contributed by atoms with van der Waals surface area (Å²) in [6, 6.07) is -0.475. The van der Waals surface area contributed by atoms with Gasteiger partial charge in [-0.2, -0.15) is 16.7 Å². The number of carbonyl (C=O) groups is 3. The number of nitrogens with one attached hydrogen (secondary N) is 1. The number of ketones is 3. The van der Waals surface area contributed by atoms with Gasteiger partial charge in [0.15, 0.2) is 23.2 Å². The van der Waals surface area contributed by atoms with Crippen LogP contribution in [0.25, 0.3) is 0 Å². The molecule has 4 rings (SSSR count). The van der Waals surface area contributed by atoms with Crippen molar-refractivity contribution in [3.05, 3.63) is 51.5 Å². The molecule has 3 N–H and O–H groups in total. The number of Topliss-reactive ketones (excluding diaryl/α,β-unsaturated/α-hetero) is 2. The molecular weight excluding hydrogens is 526 g/mol. The van der Waals surface area contributed by atoms with Crippen molar-refractivity contribution < 1.29 is 38.6 Å². The minimum atomic E-state index is -1.60. The lowest BCUT2D eigenvalue weighted by Gasteiger charge is -2.29. The normalized spacial score (nSPS) is 20.2. The Morgan fingerprint density at radius 1 is 1.26 bits per heavy atom. The number of aromatic hydroxyl groups is 2. The maximum atomic E-state index is 14.1. The summed E-state index contributed by atoms with van der Waals surface area (Å²) in [5.74, 6) is -1.14. The first-order valence-corrected chi connectivity index (χ1v) is 13.7. The van der Waals surface area contributed by atoms with Gasteiger partial charge >= 0.3 is 0 Å². The van der Waals surface area contributed by atoms with Gasteiger partial charge in [0.1, 0.15) is 40.0 Å². The number of methoxy groups -OCH3 is 1. The molecule has 11 nitrogen and oxygen atoms in total. The van der Waals surface area contributed by atoms with Crippen LogP contribution in [0.15, 0.2) is 27.6 Å². The van der Waals surface area contributed by atoms with Crippen LogP contribution in [0.4, 0.5) is 0 Å². The van der Waals surface area contributed by atoms with Gasteiger partial charge in [-0.05, 0) is 46.1 Å². The van der Waals surface area contributed by atoms with Crippen LogP contribution in [0.5, 0.6) is 17.2 Å². The van der Waals surface area contributed by atoms with Gasteiger partial charge in [-0.3, -0.25) is 14.4 Å². The van der Waals surface area contributed by atoms with E-state index in [1.165, 1.54) is 26.8 Å². The summed E-state index contributed by atoms with van der Waals surface area (Å²) in [5, 5.41) is 28.7. The third kappa shape index (κ3) is 4.71. The Labute approximate surface area is 229 Å². The second-order valence-corrected chi connectivity index (χ2v) is 10.6. The number of hydrogen-bond acceptors (Lipinski definition) is 12. The molecule has 0 fully saturated rings. The number of thioether (sulfide) groups is 1. The van der Waals surface area contributed by atoms with E-state index in [1.807, 2.05) is 6.26 Å². The van der Waals surface area contributed by atoms with Gasteiger partial charge in [0, 0.05) is 30.9 Å². The van der Waals surface area contributed by atoms with Crippen LogP contribution in [0.1, 0.15) is 66.4 Å². The van der Waals surface area contributed by atoms with Crippen LogP contribution in [-0.2, 0) is 26.2 Å². The molecule has 1 aliphatic carbocycles. The predicted molar refractivity (Wildman–Crippen MR) is 142 cm³/mol. The lowest BCUT2D eigenvalue weighted by atomic mass is 9.70. The van der Waals surface area contributed by atoms with Crippen LogP contribution in [0.2, 0.25) is 0 Å². The molecular formula is C27H31N3O8S. The molecule has 0 saturated carbocycles. The topological polar surface area (TPSA) is 161 Å². The first-order chi connectivity index (χ1) is 18.5. The minimum absolute atomic E-state index is 0.0227. The molecule has 2 heterocycles. The van der Waals surface area contributed by atoms with Gasteiger partial charge in [-0.15, -0.1) is 0 Å². The van der Waals surface area contributed by atoms with E-state index in [2.05, 4.69) is 15.5 Å². The molecule has 2 aromatic rings. The van der Waals surface area contributed by atoms with Crippen molar-refractivity contribution in [3.63, 3.8) is 0 Å². The second kappa shape index (κ2) is 10.9. The fourth-order valence-corrected chi connectivity index (χ4v) is 5.36. The molecule has 208 valence electrons. The van der Waals surface area contributed by atoms with Crippen molar-refractivity contribution >= 4 is 29.1 Å². The zero-order valence-electron chi connectivity index (χ0n) is 22.6. The average molecular weight is 558 g/mol. The molecule has 2 aliphatic rings. The van der Waals surface area contributed by atoms with E-state index in [4.69, 9.17) is 14.0 Å². The molecule has 0 saturated heterocycles. The number of nitrogens with zero attached hydrogens (tertiary/aromatic N) is 2. The number of benzene rings is 1. The molecule has 0 amide bonds. The third-order valence-corrected chi connectivity index (χ3v) is 7.72. The van der Waals surface area contributed by atoms with E-state index in [-0.39, 0.29) is 39.5 Å². The van der Waals surface area contributed by atoms with Crippen LogP contribution in [0, 0.1) is 6.92 Å². The highest BCUT2D eigenvalue weighted by Crippen LogP contribution is 2.57. The molecule has 39 heavy (non-hydrogen) atoms. The van der Waals surface area contributed by atoms with Crippen molar-refractivity contribution in [1.82, 2.24) is 15.5 Å². The van der Waals surface area contributed by atoms with Crippen molar-refractivity contribution in [3.8, 4) is 17.2 Å². The molecule has 2 unspecified atom stereocenters. The Balaban J connectivity index is 1.77. The summed E-state index contributed by atoms with van der Waals surface area (Å²) in [5.41, 5.74) is -1.51. The minimum Gasteiger partial charge on any atom is -0.507 e. The third-order valence-electron chi connectivity index (χ3n) is 7.07. The summed E-state index contributed by atoms with van der Waals surface area (Å²) in [7, 11) is 1.58. The smallest absolute Gasteiger partial charge is 0.249 e. The predicted octanol–water partition coefficient (Wildman–Crippen LogP) is 3.22.